The minimum Gasteiger partial charge on any atom is -0.345 e. The van der Waals surface area contributed by atoms with Crippen molar-refractivity contribution in [2.24, 2.45) is 0 Å². The van der Waals surface area contributed by atoms with E-state index in [4.69, 9.17) is 11.6 Å². The SMILES string of the molecule is O=C(c1ccccc1Cl)N1CCC(NC(=O)C(F)(F)F)CC1. The van der Waals surface area contributed by atoms with Crippen molar-refractivity contribution in [1.29, 1.82) is 0 Å². The van der Waals surface area contributed by atoms with Crippen LogP contribution in [-0.4, -0.2) is 42.0 Å². The molecule has 22 heavy (non-hydrogen) atoms. The molecule has 1 aliphatic heterocycles. The van der Waals surface area contributed by atoms with Gasteiger partial charge in [-0.1, -0.05) is 23.7 Å². The lowest BCUT2D eigenvalue weighted by atomic mass is 10.0. The van der Waals surface area contributed by atoms with Crippen LogP contribution >= 0.6 is 11.6 Å². The highest BCUT2D eigenvalue weighted by Crippen LogP contribution is 2.21. The monoisotopic (exact) mass is 334 g/mol. The second kappa shape index (κ2) is 6.56. The first-order chi connectivity index (χ1) is 10.3. The van der Waals surface area contributed by atoms with E-state index in [0.717, 1.165) is 0 Å². The third kappa shape index (κ3) is 3.91. The van der Waals surface area contributed by atoms with Crippen LogP contribution in [0.3, 0.4) is 0 Å². The molecule has 1 fully saturated rings. The summed E-state index contributed by atoms with van der Waals surface area (Å²) in [5.41, 5.74) is 0.363. The number of rotatable bonds is 2. The minimum absolute atomic E-state index is 0.258. The number of amides is 2. The summed E-state index contributed by atoms with van der Waals surface area (Å²) in [6, 6.07) is 6.02. The van der Waals surface area contributed by atoms with E-state index in [2.05, 4.69) is 0 Å². The van der Waals surface area contributed by atoms with E-state index in [1.54, 1.807) is 24.3 Å². The van der Waals surface area contributed by atoms with Gasteiger partial charge in [-0.15, -0.1) is 0 Å². The molecule has 0 aliphatic carbocycles. The number of hydrogen-bond acceptors (Lipinski definition) is 2. The number of nitrogens with zero attached hydrogens (tertiary/aromatic N) is 1. The smallest absolute Gasteiger partial charge is 0.345 e. The van der Waals surface area contributed by atoms with Gasteiger partial charge in [-0.25, -0.2) is 0 Å². The highest BCUT2D eigenvalue weighted by Gasteiger charge is 2.40. The van der Waals surface area contributed by atoms with Crippen LogP contribution < -0.4 is 5.32 Å². The number of nitrogens with one attached hydrogen (secondary N) is 1. The van der Waals surface area contributed by atoms with E-state index in [-0.39, 0.29) is 31.8 Å². The Morgan fingerprint density at radius 1 is 1.18 bits per heavy atom. The van der Waals surface area contributed by atoms with Crippen LogP contribution in [0.2, 0.25) is 5.02 Å². The highest BCUT2D eigenvalue weighted by molar-refractivity contribution is 6.33. The van der Waals surface area contributed by atoms with Gasteiger partial charge in [0.15, 0.2) is 0 Å². The summed E-state index contributed by atoms with van der Waals surface area (Å²) < 4.78 is 36.6. The van der Waals surface area contributed by atoms with E-state index < -0.39 is 18.1 Å². The van der Waals surface area contributed by atoms with E-state index in [9.17, 15) is 22.8 Å². The molecule has 4 nitrogen and oxygen atoms in total. The summed E-state index contributed by atoms with van der Waals surface area (Å²) in [5.74, 6) is -2.20. The lowest BCUT2D eigenvalue weighted by molar-refractivity contribution is -0.174. The standard InChI is InChI=1S/C14H14ClF3N2O2/c15-11-4-2-1-3-10(11)12(21)20-7-5-9(6-8-20)19-13(22)14(16,17)18/h1-4,9H,5-8H2,(H,19,22). The average molecular weight is 335 g/mol. The van der Waals surface area contributed by atoms with Crippen molar-refractivity contribution in [3.63, 3.8) is 0 Å². The molecule has 1 saturated heterocycles. The van der Waals surface area contributed by atoms with Crippen molar-refractivity contribution in [2.45, 2.75) is 25.1 Å². The van der Waals surface area contributed by atoms with Crippen molar-refractivity contribution in [1.82, 2.24) is 10.2 Å². The molecule has 0 bridgehead atoms. The number of hydrogen-bond donors (Lipinski definition) is 1. The van der Waals surface area contributed by atoms with Crippen LogP contribution in [-0.2, 0) is 4.79 Å². The molecule has 0 radical (unpaired) electrons. The number of carbonyl (C=O) groups is 2. The number of likely N-dealkylation sites (tertiary alicyclic amines) is 1. The van der Waals surface area contributed by atoms with Gasteiger partial charge in [0.2, 0.25) is 0 Å². The van der Waals surface area contributed by atoms with Crippen LogP contribution in [0.15, 0.2) is 24.3 Å². The molecular formula is C14H14ClF3N2O2. The summed E-state index contributed by atoms with van der Waals surface area (Å²) in [6.45, 7) is 0.541. The predicted molar refractivity (Wildman–Crippen MR) is 74.6 cm³/mol. The largest absolute Gasteiger partial charge is 0.471 e. The van der Waals surface area contributed by atoms with Crippen LogP contribution in [0, 0.1) is 0 Å². The van der Waals surface area contributed by atoms with Crippen LogP contribution in [0.4, 0.5) is 13.2 Å². The van der Waals surface area contributed by atoms with Gasteiger partial charge in [0, 0.05) is 19.1 Å². The van der Waals surface area contributed by atoms with Crippen molar-refractivity contribution in [2.75, 3.05) is 13.1 Å². The lowest BCUT2D eigenvalue weighted by Crippen LogP contribution is -2.49. The highest BCUT2D eigenvalue weighted by atomic mass is 35.5. The van der Waals surface area contributed by atoms with Gasteiger partial charge in [0.25, 0.3) is 5.91 Å². The molecule has 0 aromatic heterocycles. The van der Waals surface area contributed by atoms with E-state index >= 15 is 0 Å². The zero-order chi connectivity index (χ0) is 16.3. The Bertz CT molecular complexity index is 569. The van der Waals surface area contributed by atoms with Crippen LogP contribution in [0.25, 0.3) is 0 Å². The third-order valence-corrected chi connectivity index (χ3v) is 3.81. The van der Waals surface area contributed by atoms with Gasteiger partial charge in [-0.2, -0.15) is 13.2 Å². The zero-order valence-electron chi connectivity index (χ0n) is 11.5. The van der Waals surface area contributed by atoms with Gasteiger partial charge in [0.1, 0.15) is 0 Å². The molecule has 120 valence electrons. The van der Waals surface area contributed by atoms with Gasteiger partial charge >= 0.3 is 12.1 Å². The zero-order valence-corrected chi connectivity index (χ0v) is 12.2. The molecule has 0 unspecified atom stereocenters. The Kier molecular flexibility index (Phi) is 4.95. The number of benzene rings is 1. The molecule has 0 saturated carbocycles. The van der Waals surface area contributed by atoms with E-state index in [0.29, 0.717) is 10.6 Å². The molecule has 8 heteroatoms. The summed E-state index contributed by atoms with van der Waals surface area (Å²) in [7, 11) is 0. The molecular weight excluding hydrogens is 321 g/mol. The number of alkyl halides is 3. The van der Waals surface area contributed by atoms with E-state index in [1.807, 2.05) is 5.32 Å². The van der Waals surface area contributed by atoms with Crippen LogP contribution in [0.5, 0.6) is 0 Å². The molecule has 1 aromatic carbocycles. The summed E-state index contributed by atoms with van der Waals surface area (Å²) >= 11 is 5.96. The fourth-order valence-corrected chi connectivity index (χ4v) is 2.52. The first kappa shape index (κ1) is 16.6. The maximum Gasteiger partial charge on any atom is 0.471 e. The van der Waals surface area contributed by atoms with Gasteiger partial charge in [-0.05, 0) is 25.0 Å². The summed E-state index contributed by atoms with van der Waals surface area (Å²) in [4.78, 5) is 24.7. The first-order valence-corrected chi connectivity index (χ1v) is 7.08. The maximum absolute atomic E-state index is 12.3. The molecule has 0 spiro atoms. The van der Waals surface area contributed by atoms with Crippen molar-refractivity contribution >= 4 is 23.4 Å². The Labute approximate surface area is 130 Å². The normalized spacial score (nSPS) is 16.5. The molecule has 2 amide bonds. The Morgan fingerprint density at radius 3 is 2.32 bits per heavy atom. The third-order valence-electron chi connectivity index (χ3n) is 3.48. The van der Waals surface area contributed by atoms with Crippen molar-refractivity contribution in [3.05, 3.63) is 34.9 Å². The molecule has 1 heterocycles. The van der Waals surface area contributed by atoms with Crippen molar-refractivity contribution in [3.8, 4) is 0 Å². The average Bonchev–Trinajstić information content (AvgIpc) is 2.47. The van der Waals surface area contributed by atoms with Crippen LogP contribution in [0.1, 0.15) is 23.2 Å². The Morgan fingerprint density at radius 2 is 1.77 bits per heavy atom. The summed E-state index contributed by atoms with van der Waals surface area (Å²) in [5, 5.41) is 2.27. The van der Waals surface area contributed by atoms with Gasteiger partial charge < -0.3 is 10.2 Å². The Balaban J connectivity index is 1.91. The summed E-state index contributed by atoms with van der Waals surface area (Å²) in [6.07, 6.45) is -4.33. The quantitative estimate of drug-likeness (QED) is 0.904. The number of carbonyl (C=O) groups excluding carboxylic acids is 2. The fraction of sp³-hybridized carbons (Fsp3) is 0.429. The molecule has 2 rings (SSSR count). The Hall–Kier alpha value is -1.76. The topological polar surface area (TPSA) is 49.4 Å². The van der Waals surface area contributed by atoms with E-state index in [1.165, 1.54) is 4.90 Å². The molecule has 0 atom stereocenters. The van der Waals surface area contributed by atoms with Crippen molar-refractivity contribution < 1.29 is 22.8 Å². The molecule has 1 aliphatic rings. The fourth-order valence-electron chi connectivity index (χ4n) is 2.30. The molecule has 1 N–H and O–H groups in total. The van der Waals surface area contributed by atoms with Gasteiger partial charge in [0.05, 0.1) is 10.6 Å². The minimum atomic E-state index is -4.88. The predicted octanol–water partition coefficient (Wildman–Crippen LogP) is 2.62. The lowest BCUT2D eigenvalue weighted by Gasteiger charge is -2.32. The van der Waals surface area contributed by atoms with Gasteiger partial charge in [-0.3, -0.25) is 9.59 Å². The number of halogens is 4. The second-order valence-corrected chi connectivity index (χ2v) is 5.42. The number of piperidine rings is 1. The molecule has 1 aromatic rings. The first-order valence-electron chi connectivity index (χ1n) is 6.70. The maximum atomic E-state index is 12.3. The second-order valence-electron chi connectivity index (χ2n) is 5.02.